The Morgan fingerprint density at radius 2 is 1.97 bits per heavy atom. The second-order valence-electron chi connectivity index (χ2n) is 11.0. The van der Waals surface area contributed by atoms with Crippen LogP contribution in [0.2, 0.25) is 19.6 Å². The summed E-state index contributed by atoms with van der Waals surface area (Å²) in [4.78, 5) is 36.9. The molecule has 0 spiro atoms. The van der Waals surface area contributed by atoms with Crippen molar-refractivity contribution >= 4 is 31.3 Å². The van der Waals surface area contributed by atoms with Gasteiger partial charge >= 0.3 is 5.97 Å². The summed E-state index contributed by atoms with van der Waals surface area (Å²) >= 11 is 1.33. The minimum Gasteiger partial charge on any atom is -0.495 e. The van der Waals surface area contributed by atoms with Crippen LogP contribution in [0, 0.1) is 18.4 Å². The number of rotatable bonds is 10. The molecule has 1 aliphatic carbocycles. The van der Waals surface area contributed by atoms with E-state index >= 15 is 0 Å². The van der Waals surface area contributed by atoms with Gasteiger partial charge in [-0.1, -0.05) is 37.7 Å². The smallest absolute Gasteiger partial charge is 0.355 e. The van der Waals surface area contributed by atoms with Crippen molar-refractivity contribution in [1.29, 1.82) is 0 Å². The fourth-order valence-electron chi connectivity index (χ4n) is 4.46. The second-order valence-corrected chi connectivity index (χ2v) is 17.1. The number of hydrogen-bond donors (Lipinski definition) is 1. The first kappa shape index (κ1) is 28.5. The van der Waals surface area contributed by atoms with E-state index in [1.165, 1.54) is 16.9 Å². The first-order valence-electron chi connectivity index (χ1n) is 13.1. The Balaban J connectivity index is 1.53. The van der Waals surface area contributed by atoms with Gasteiger partial charge in [0.2, 0.25) is 5.91 Å². The highest BCUT2D eigenvalue weighted by molar-refractivity contribution is 7.11. The van der Waals surface area contributed by atoms with Gasteiger partial charge in [0, 0.05) is 17.0 Å². The number of pyridine rings is 1. The van der Waals surface area contributed by atoms with Gasteiger partial charge in [0.1, 0.15) is 18.8 Å². The molecule has 0 saturated heterocycles. The van der Waals surface area contributed by atoms with Crippen LogP contribution in [0.4, 0.5) is 0 Å². The highest BCUT2D eigenvalue weighted by Crippen LogP contribution is 2.49. The fourth-order valence-corrected chi connectivity index (χ4v) is 5.92. The lowest BCUT2D eigenvalue weighted by Crippen LogP contribution is -2.40. The number of hydrogen-bond acceptors (Lipinski definition) is 6. The van der Waals surface area contributed by atoms with E-state index in [0.717, 1.165) is 36.9 Å². The Morgan fingerprint density at radius 1 is 1.21 bits per heavy atom. The van der Waals surface area contributed by atoms with Gasteiger partial charge in [0.05, 0.1) is 31.0 Å². The van der Waals surface area contributed by atoms with Crippen LogP contribution in [-0.4, -0.2) is 53.6 Å². The van der Waals surface area contributed by atoms with Crippen LogP contribution in [-0.2, 0) is 23.2 Å². The largest absolute Gasteiger partial charge is 0.495 e. The Labute approximate surface area is 235 Å². The van der Waals surface area contributed by atoms with Crippen LogP contribution < -0.4 is 4.74 Å². The molecule has 2 heterocycles. The number of carbonyl (C=O) groups excluding carboxylic acids is 1. The van der Waals surface area contributed by atoms with Gasteiger partial charge in [-0.05, 0) is 62.4 Å². The van der Waals surface area contributed by atoms with E-state index in [-0.39, 0.29) is 18.1 Å². The molecule has 7 nitrogen and oxygen atoms in total. The number of nitrogens with zero attached hydrogens (tertiary/aromatic N) is 3. The molecule has 0 atom stereocenters. The van der Waals surface area contributed by atoms with Crippen LogP contribution in [0.5, 0.6) is 5.75 Å². The molecular formula is C30H35N3O4SSi. The first-order chi connectivity index (χ1) is 18.5. The maximum atomic E-state index is 14.0. The van der Waals surface area contributed by atoms with Gasteiger partial charge in [-0.2, -0.15) is 0 Å². The highest BCUT2D eigenvalue weighted by Gasteiger charge is 2.54. The number of aromatic carboxylic acids is 1. The van der Waals surface area contributed by atoms with E-state index in [1.54, 1.807) is 20.2 Å². The molecule has 1 saturated carbocycles. The number of carboxylic acid groups (broad SMARTS) is 1. The molecule has 2 aromatic heterocycles. The molecule has 0 aliphatic heterocycles. The number of amides is 1. The van der Waals surface area contributed by atoms with Crippen LogP contribution >= 0.6 is 11.3 Å². The zero-order valence-corrected chi connectivity index (χ0v) is 25.0. The molecule has 9 heteroatoms. The summed E-state index contributed by atoms with van der Waals surface area (Å²) in [7, 11) is 0.128. The minimum atomic E-state index is -1.46. The molecular weight excluding hydrogens is 527 g/mol. The predicted molar refractivity (Wildman–Crippen MR) is 156 cm³/mol. The molecule has 1 N–H and O–H groups in total. The monoisotopic (exact) mass is 561 g/mol. The van der Waals surface area contributed by atoms with Crippen molar-refractivity contribution < 1.29 is 19.4 Å². The maximum absolute atomic E-state index is 14.0. The van der Waals surface area contributed by atoms with Crippen molar-refractivity contribution in [2.45, 2.75) is 64.2 Å². The van der Waals surface area contributed by atoms with Crippen LogP contribution in [0.1, 0.15) is 56.5 Å². The third kappa shape index (κ3) is 7.14. The van der Waals surface area contributed by atoms with E-state index in [9.17, 15) is 14.7 Å². The molecule has 39 heavy (non-hydrogen) atoms. The molecule has 204 valence electrons. The van der Waals surface area contributed by atoms with E-state index in [1.807, 2.05) is 29.2 Å². The summed E-state index contributed by atoms with van der Waals surface area (Å²) in [5.41, 5.74) is 5.76. The predicted octanol–water partition coefficient (Wildman–Crippen LogP) is 5.48. The summed E-state index contributed by atoms with van der Waals surface area (Å²) in [5.74, 6) is 2.93. The zero-order chi connectivity index (χ0) is 28.2. The van der Waals surface area contributed by atoms with Crippen molar-refractivity contribution in [2.24, 2.45) is 0 Å². The summed E-state index contributed by atoms with van der Waals surface area (Å²) in [5, 5.41) is 10.1. The van der Waals surface area contributed by atoms with Crippen molar-refractivity contribution in [3.63, 3.8) is 0 Å². The maximum Gasteiger partial charge on any atom is 0.355 e. The molecule has 1 aliphatic rings. The van der Waals surface area contributed by atoms with Gasteiger partial charge < -0.3 is 14.7 Å². The Hall–Kier alpha value is -3.48. The van der Waals surface area contributed by atoms with Crippen molar-refractivity contribution in [1.82, 2.24) is 14.9 Å². The van der Waals surface area contributed by atoms with Gasteiger partial charge in [-0.25, -0.2) is 9.78 Å². The molecule has 1 aromatic carbocycles. The zero-order valence-electron chi connectivity index (χ0n) is 23.2. The molecule has 0 unspecified atom stereocenters. The number of thiazole rings is 1. The fraction of sp³-hybridized carbons (Fsp3) is 0.400. The molecule has 1 fully saturated rings. The van der Waals surface area contributed by atoms with E-state index < -0.39 is 19.5 Å². The van der Waals surface area contributed by atoms with E-state index in [2.05, 4.69) is 53.2 Å². The lowest BCUT2D eigenvalue weighted by Gasteiger charge is -2.27. The van der Waals surface area contributed by atoms with Gasteiger partial charge in [-0.3, -0.25) is 9.78 Å². The van der Waals surface area contributed by atoms with Crippen molar-refractivity contribution in [3.8, 4) is 17.2 Å². The number of carbonyl (C=O) groups is 2. The molecule has 4 rings (SSSR count). The van der Waals surface area contributed by atoms with Crippen molar-refractivity contribution in [3.05, 3.63) is 75.0 Å². The average Bonchev–Trinajstić information content (AvgIpc) is 3.63. The number of methoxy groups -OCH3 is 1. The topological polar surface area (TPSA) is 92.6 Å². The van der Waals surface area contributed by atoms with Gasteiger partial charge in [0.25, 0.3) is 0 Å². The standard InChI is InChI=1S/C30H35N3O4SSi/c1-21-27(28(34)35)32-26(38-21)20-33(29(36)30(14-15-30)25-12-11-24(37-2)19-31-25)16-7-10-22-8-6-9-23(18-22)13-17-39(3,4)5/h6,8-9,11-12,18-19H,7,10,14-16,20H2,1-5H3,(H,34,35). The SMILES string of the molecule is COc1ccc(C2(C(=O)N(CCCc3cccc(C#C[Si](C)(C)C)c3)Cc3nc(C(=O)O)c(C)s3)CC2)nc1. The van der Waals surface area contributed by atoms with Crippen LogP contribution in [0.25, 0.3) is 0 Å². The molecule has 0 radical (unpaired) electrons. The van der Waals surface area contributed by atoms with Crippen LogP contribution in [0.3, 0.4) is 0 Å². The third-order valence-electron chi connectivity index (χ3n) is 6.68. The lowest BCUT2D eigenvalue weighted by atomic mass is 9.99. The average molecular weight is 562 g/mol. The van der Waals surface area contributed by atoms with E-state index in [0.29, 0.717) is 22.2 Å². The van der Waals surface area contributed by atoms with E-state index in [4.69, 9.17) is 4.74 Å². The Morgan fingerprint density at radius 3 is 2.56 bits per heavy atom. The normalized spacial score (nSPS) is 13.8. The summed E-state index contributed by atoms with van der Waals surface area (Å²) in [6.07, 6.45) is 4.68. The summed E-state index contributed by atoms with van der Waals surface area (Å²) < 4.78 is 5.24. The molecule has 3 aromatic rings. The minimum absolute atomic E-state index is 0.0136. The number of carboxylic acids is 1. The highest BCUT2D eigenvalue weighted by atomic mass is 32.1. The number of aromatic nitrogens is 2. The molecule has 1 amide bonds. The second kappa shape index (κ2) is 11.7. The first-order valence-corrected chi connectivity index (χ1v) is 17.4. The quantitative estimate of drug-likeness (QED) is 0.261. The summed E-state index contributed by atoms with van der Waals surface area (Å²) in [6.45, 7) is 9.24. The molecule has 0 bridgehead atoms. The van der Waals surface area contributed by atoms with Crippen LogP contribution in [0.15, 0.2) is 42.6 Å². The van der Waals surface area contributed by atoms with Crippen molar-refractivity contribution in [2.75, 3.05) is 13.7 Å². The number of aryl methyl sites for hydroxylation is 2. The Kier molecular flexibility index (Phi) is 8.57. The van der Waals surface area contributed by atoms with Gasteiger partial charge in [0.15, 0.2) is 5.69 Å². The van der Waals surface area contributed by atoms with Gasteiger partial charge in [-0.15, -0.1) is 16.9 Å². The number of benzene rings is 1. The summed E-state index contributed by atoms with van der Waals surface area (Å²) in [6, 6.07) is 12.0. The Bertz CT molecular complexity index is 1410. The number of ether oxygens (including phenoxy) is 1. The lowest BCUT2D eigenvalue weighted by molar-refractivity contribution is -0.134. The third-order valence-corrected chi connectivity index (χ3v) is 8.51.